The van der Waals surface area contributed by atoms with Gasteiger partial charge in [-0.2, -0.15) is 0 Å². The molecule has 0 radical (unpaired) electrons. The highest BCUT2D eigenvalue weighted by Gasteiger charge is 2.20. The van der Waals surface area contributed by atoms with Gasteiger partial charge in [0.15, 0.2) is 11.5 Å². The van der Waals surface area contributed by atoms with Gasteiger partial charge < -0.3 is 14.9 Å². The fourth-order valence-electron chi connectivity index (χ4n) is 2.19. The highest BCUT2D eigenvalue weighted by molar-refractivity contribution is 6.21. The number of allylic oxidation sites excluding steroid dienone is 3. The molecule has 1 aliphatic rings. The first-order valence-corrected chi connectivity index (χ1v) is 7.04. The van der Waals surface area contributed by atoms with E-state index in [1.807, 2.05) is 18.2 Å². The molecule has 0 fully saturated rings. The second-order valence-corrected chi connectivity index (χ2v) is 4.92. The van der Waals surface area contributed by atoms with Gasteiger partial charge in [-0.3, -0.25) is 4.79 Å². The van der Waals surface area contributed by atoms with Crippen molar-refractivity contribution in [1.82, 2.24) is 9.61 Å². The van der Waals surface area contributed by atoms with Crippen LogP contribution in [0.5, 0.6) is 5.88 Å². The van der Waals surface area contributed by atoms with Crippen molar-refractivity contribution in [3.63, 3.8) is 0 Å². The van der Waals surface area contributed by atoms with E-state index < -0.39 is 0 Å². The third-order valence-electron chi connectivity index (χ3n) is 3.41. The van der Waals surface area contributed by atoms with Gasteiger partial charge in [0.1, 0.15) is 18.1 Å². The monoisotopic (exact) mass is 313 g/mol. The number of aliphatic hydroxyl groups excluding tert-OH is 2. The fourth-order valence-corrected chi connectivity index (χ4v) is 2.19. The number of pyridine rings is 1. The molecule has 7 heteroatoms. The van der Waals surface area contributed by atoms with Crippen LogP contribution in [0.4, 0.5) is 5.69 Å². The van der Waals surface area contributed by atoms with Crippen LogP contribution >= 0.6 is 0 Å². The second kappa shape index (κ2) is 6.05. The maximum absolute atomic E-state index is 11.5. The Labute approximate surface area is 131 Å². The molecule has 0 aliphatic heterocycles. The van der Waals surface area contributed by atoms with Crippen molar-refractivity contribution < 1.29 is 19.7 Å². The highest BCUT2D eigenvalue weighted by atomic mass is 16.5. The van der Waals surface area contributed by atoms with E-state index in [2.05, 4.69) is 10.1 Å². The number of aliphatic hydroxyl groups is 2. The maximum Gasteiger partial charge on any atom is 0.260 e. The first-order valence-electron chi connectivity index (χ1n) is 7.04. The van der Waals surface area contributed by atoms with E-state index in [1.165, 1.54) is 19.1 Å². The molecule has 0 amide bonds. The van der Waals surface area contributed by atoms with Crippen molar-refractivity contribution in [3.05, 3.63) is 47.9 Å². The van der Waals surface area contributed by atoms with Gasteiger partial charge in [0.2, 0.25) is 0 Å². The summed E-state index contributed by atoms with van der Waals surface area (Å²) in [6.07, 6.45) is 4.55. The van der Waals surface area contributed by atoms with E-state index in [1.54, 1.807) is 10.7 Å². The zero-order valence-corrected chi connectivity index (χ0v) is 12.4. The van der Waals surface area contributed by atoms with Crippen LogP contribution in [0.2, 0.25) is 0 Å². The minimum absolute atomic E-state index is 0.0803. The summed E-state index contributed by atoms with van der Waals surface area (Å²) in [6.45, 7) is 1.47. The van der Waals surface area contributed by atoms with Gasteiger partial charge in [-0.15, -0.1) is 5.10 Å². The lowest BCUT2D eigenvalue weighted by Gasteiger charge is -2.09. The number of hydrogen-bond donors (Lipinski definition) is 2. The van der Waals surface area contributed by atoms with Gasteiger partial charge in [0, 0.05) is 11.8 Å². The Morgan fingerprint density at radius 1 is 1.35 bits per heavy atom. The molecule has 0 saturated carbocycles. The molecule has 0 bridgehead atoms. The van der Waals surface area contributed by atoms with Gasteiger partial charge in [-0.05, 0) is 31.2 Å². The van der Waals surface area contributed by atoms with E-state index in [4.69, 9.17) is 9.84 Å². The summed E-state index contributed by atoms with van der Waals surface area (Å²) in [5.41, 5.74) is 1.60. The summed E-state index contributed by atoms with van der Waals surface area (Å²) >= 11 is 0. The molecule has 3 rings (SSSR count). The quantitative estimate of drug-likeness (QED) is 0.838. The predicted molar refractivity (Wildman–Crippen MR) is 84.3 cm³/mol. The molecule has 7 nitrogen and oxygen atoms in total. The van der Waals surface area contributed by atoms with Crippen molar-refractivity contribution in [3.8, 4) is 5.88 Å². The number of ether oxygens (including phenoxy) is 1. The summed E-state index contributed by atoms with van der Waals surface area (Å²) in [5, 5.41) is 23.3. The number of ketones is 1. The SMILES string of the molecule is CC1=C(O)/C(=N/c2c(OCCO)nn3ccccc23)C=CC1=O. The number of rotatable bonds is 4. The first kappa shape index (κ1) is 15.0. The summed E-state index contributed by atoms with van der Waals surface area (Å²) in [5.74, 6) is -0.174. The minimum Gasteiger partial charge on any atom is -0.505 e. The third-order valence-corrected chi connectivity index (χ3v) is 3.41. The van der Waals surface area contributed by atoms with Crippen molar-refractivity contribution in [2.45, 2.75) is 6.92 Å². The Hall–Kier alpha value is -2.93. The molecule has 0 spiro atoms. The van der Waals surface area contributed by atoms with Crippen LogP contribution in [0.1, 0.15) is 6.92 Å². The van der Waals surface area contributed by atoms with Gasteiger partial charge in [0.05, 0.1) is 12.1 Å². The van der Waals surface area contributed by atoms with Crippen molar-refractivity contribution in [2.24, 2.45) is 4.99 Å². The number of aromatic nitrogens is 2. The van der Waals surface area contributed by atoms with Crippen LogP contribution in [0.3, 0.4) is 0 Å². The van der Waals surface area contributed by atoms with Crippen molar-refractivity contribution >= 4 is 22.7 Å². The topological polar surface area (TPSA) is 96.4 Å². The molecule has 23 heavy (non-hydrogen) atoms. The van der Waals surface area contributed by atoms with E-state index in [-0.39, 0.29) is 41.9 Å². The van der Waals surface area contributed by atoms with E-state index in [0.29, 0.717) is 11.2 Å². The number of fused-ring (bicyclic) bond motifs is 1. The summed E-state index contributed by atoms with van der Waals surface area (Å²) in [4.78, 5) is 15.9. The molecule has 0 aromatic carbocycles. The van der Waals surface area contributed by atoms with Gasteiger partial charge in [-0.1, -0.05) is 6.07 Å². The molecule has 2 aromatic rings. The van der Waals surface area contributed by atoms with Crippen molar-refractivity contribution in [1.29, 1.82) is 0 Å². The zero-order chi connectivity index (χ0) is 16.4. The minimum atomic E-state index is -0.252. The second-order valence-electron chi connectivity index (χ2n) is 4.92. The number of aliphatic imine (C=N–C) groups is 1. The van der Waals surface area contributed by atoms with E-state index >= 15 is 0 Å². The molecule has 0 saturated heterocycles. The van der Waals surface area contributed by atoms with E-state index in [0.717, 1.165) is 0 Å². The lowest BCUT2D eigenvalue weighted by molar-refractivity contribution is -0.111. The first-order chi connectivity index (χ1) is 11.1. The molecule has 2 aromatic heterocycles. The summed E-state index contributed by atoms with van der Waals surface area (Å²) < 4.78 is 7.01. The average molecular weight is 313 g/mol. The summed E-state index contributed by atoms with van der Waals surface area (Å²) in [7, 11) is 0. The number of hydrogen-bond acceptors (Lipinski definition) is 6. The van der Waals surface area contributed by atoms with Crippen LogP contribution in [0.15, 0.2) is 52.9 Å². The molecule has 2 N–H and O–H groups in total. The van der Waals surface area contributed by atoms with Crippen LogP contribution in [-0.4, -0.2) is 44.5 Å². The van der Waals surface area contributed by atoms with Gasteiger partial charge in [0.25, 0.3) is 5.88 Å². The Bertz CT molecular complexity index is 861. The predicted octanol–water partition coefficient (Wildman–Crippen LogP) is 1.75. The third kappa shape index (κ3) is 2.74. The molecule has 1 aliphatic carbocycles. The largest absolute Gasteiger partial charge is 0.505 e. The smallest absolute Gasteiger partial charge is 0.260 e. The standard InChI is InChI=1S/C16H15N3O4/c1-10-13(21)6-5-11(15(10)22)17-14-12-4-2-3-7-19(12)18-16(14)23-9-8-20/h2-7,20,22H,8-9H2,1H3/b17-11+. The Morgan fingerprint density at radius 3 is 2.96 bits per heavy atom. The summed E-state index contributed by atoms with van der Waals surface area (Å²) in [6, 6.07) is 5.45. The molecule has 0 unspecified atom stereocenters. The molecular formula is C16H15N3O4. The van der Waals surface area contributed by atoms with Crippen LogP contribution in [-0.2, 0) is 4.79 Å². The van der Waals surface area contributed by atoms with Crippen LogP contribution in [0, 0.1) is 0 Å². The number of carbonyl (C=O) groups is 1. The normalized spacial score (nSPS) is 16.6. The molecule has 0 atom stereocenters. The molecule has 118 valence electrons. The average Bonchev–Trinajstić information content (AvgIpc) is 2.91. The van der Waals surface area contributed by atoms with Gasteiger partial charge >= 0.3 is 0 Å². The number of nitrogens with zero attached hydrogens (tertiary/aromatic N) is 3. The maximum atomic E-state index is 11.5. The van der Waals surface area contributed by atoms with E-state index in [9.17, 15) is 9.90 Å². The van der Waals surface area contributed by atoms with Crippen LogP contribution in [0.25, 0.3) is 5.52 Å². The Morgan fingerprint density at radius 2 is 2.17 bits per heavy atom. The van der Waals surface area contributed by atoms with Crippen LogP contribution < -0.4 is 4.74 Å². The molecular weight excluding hydrogens is 298 g/mol. The number of carbonyl (C=O) groups excluding carboxylic acids is 1. The lowest BCUT2D eigenvalue weighted by Crippen LogP contribution is -2.12. The lowest BCUT2D eigenvalue weighted by atomic mass is 10.0. The zero-order valence-electron chi connectivity index (χ0n) is 12.4. The highest BCUT2D eigenvalue weighted by Crippen LogP contribution is 2.33. The van der Waals surface area contributed by atoms with Crippen molar-refractivity contribution in [2.75, 3.05) is 13.2 Å². The Balaban J connectivity index is 2.13. The Kier molecular flexibility index (Phi) is 3.94. The fraction of sp³-hybridized carbons (Fsp3) is 0.188. The molecule has 2 heterocycles. The van der Waals surface area contributed by atoms with Gasteiger partial charge in [-0.25, -0.2) is 9.51 Å².